The van der Waals surface area contributed by atoms with Gasteiger partial charge in [-0.3, -0.25) is 4.79 Å². The summed E-state index contributed by atoms with van der Waals surface area (Å²) in [4.78, 5) is 15.2. The number of rotatable bonds is 7. The molecule has 1 aromatic carbocycles. The van der Waals surface area contributed by atoms with E-state index in [0.29, 0.717) is 0 Å². The second-order valence-electron chi connectivity index (χ2n) is 5.62. The van der Waals surface area contributed by atoms with E-state index in [1.54, 1.807) is 0 Å². The van der Waals surface area contributed by atoms with E-state index in [0.717, 1.165) is 29.5 Å². The van der Waals surface area contributed by atoms with Gasteiger partial charge in [0, 0.05) is 16.5 Å². The molecule has 2 rings (SSSR count). The van der Waals surface area contributed by atoms with Gasteiger partial charge in [-0.1, -0.05) is 57.2 Å². The van der Waals surface area contributed by atoms with E-state index >= 15 is 0 Å². The zero-order chi connectivity index (χ0) is 14.4. The molecule has 108 valence electrons. The largest absolute Gasteiger partial charge is 0.322 e. The number of hydrogen-bond donors (Lipinski definition) is 1. The summed E-state index contributed by atoms with van der Waals surface area (Å²) in [6.07, 6.45) is 8.47. The first kappa shape index (κ1) is 14.8. The Kier molecular flexibility index (Phi) is 5.40. The Bertz CT molecular complexity index is 612. The number of H-pyrrole nitrogens is 1. The quantitative estimate of drug-likeness (QED) is 0.725. The monoisotopic (exact) mass is 271 g/mol. The molecule has 0 fully saturated rings. The molecule has 0 unspecified atom stereocenters. The third kappa shape index (κ3) is 3.50. The van der Waals surface area contributed by atoms with Crippen molar-refractivity contribution in [3.05, 3.63) is 45.7 Å². The number of para-hydroxylation sites is 1. The van der Waals surface area contributed by atoms with E-state index in [4.69, 9.17) is 0 Å². The van der Waals surface area contributed by atoms with Gasteiger partial charge in [-0.15, -0.1) is 0 Å². The highest BCUT2D eigenvalue weighted by Crippen LogP contribution is 2.18. The number of pyridine rings is 1. The normalized spacial score (nSPS) is 11.1. The number of nitrogens with one attached hydrogen (secondary N) is 1. The number of aryl methyl sites for hydroxylation is 1. The summed E-state index contributed by atoms with van der Waals surface area (Å²) in [6, 6.07) is 8.05. The number of aromatic nitrogens is 1. The van der Waals surface area contributed by atoms with E-state index < -0.39 is 0 Å². The molecule has 0 saturated carbocycles. The molecular formula is C18H25NO. The van der Waals surface area contributed by atoms with Gasteiger partial charge in [0.25, 0.3) is 5.56 Å². The highest BCUT2D eigenvalue weighted by atomic mass is 16.1. The van der Waals surface area contributed by atoms with Gasteiger partial charge in [0.2, 0.25) is 0 Å². The van der Waals surface area contributed by atoms with E-state index in [-0.39, 0.29) is 5.56 Å². The first-order valence-corrected chi connectivity index (χ1v) is 7.84. The Hall–Kier alpha value is -1.57. The van der Waals surface area contributed by atoms with Crippen molar-refractivity contribution in [2.24, 2.45) is 0 Å². The third-order valence-corrected chi connectivity index (χ3v) is 4.09. The summed E-state index contributed by atoms with van der Waals surface area (Å²) in [7, 11) is 0. The summed E-state index contributed by atoms with van der Waals surface area (Å²) < 4.78 is 0. The van der Waals surface area contributed by atoms with Crippen LogP contribution >= 0.6 is 0 Å². The van der Waals surface area contributed by atoms with Gasteiger partial charge in [0.05, 0.1) is 0 Å². The van der Waals surface area contributed by atoms with Gasteiger partial charge in [-0.05, 0) is 31.4 Å². The van der Waals surface area contributed by atoms with Crippen molar-refractivity contribution in [3.8, 4) is 0 Å². The van der Waals surface area contributed by atoms with E-state index in [1.807, 2.05) is 18.2 Å². The molecule has 20 heavy (non-hydrogen) atoms. The summed E-state index contributed by atoms with van der Waals surface area (Å²) >= 11 is 0. The molecule has 0 saturated heterocycles. The van der Waals surface area contributed by atoms with Crippen molar-refractivity contribution in [1.29, 1.82) is 0 Å². The average Bonchev–Trinajstić information content (AvgIpc) is 2.45. The zero-order valence-electron chi connectivity index (χ0n) is 12.7. The van der Waals surface area contributed by atoms with E-state index in [9.17, 15) is 4.79 Å². The molecule has 0 spiro atoms. The van der Waals surface area contributed by atoms with Crippen LogP contribution in [0.25, 0.3) is 10.9 Å². The molecule has 0 atom stereocenters. The van der Waals surface area contributed by atoms with Crippen LogP contribution in [0.4, 0.5) is 0 Å². The summed E-state index contributed by atoms with van der Waals surface area (Å²) in [5, 5.41) is 1.17. The Labute approximate surface area is 121 Å². The van der Waals surface area contributed by atoms with Crippen molar-refractivity contribution in [2.45, 2.75) is 58.8 Å². The fourth-order valence-corrected chi connectivity index (χ4v) is 2.83. The Morgan fingerprint density at radius 2 is 1.70 bits per heavy atom. The molecule has 1 aromatic heterocycles. The molecule has 0 amide bonds. The molecule has 0 aliphatic carbocycles. The average molecular weight is 271 g/mol. The maximum Gasteiger partial charge on any atom is 0.251 e. The van der Waals surface area contributed by atoms with Gasteiger partial charge < -0.3 is 4.98 Å². The third-order valence-electron chi connectivity index (χ3n) is 4.09. The lowest BCUT2D eigenvalue weighted by atomic mass is 9.99. The Morgan fingerprint density at radius 1 is 1.00 bits per heavy atom. The van der Waals surface area contributed by atoms with Crippen LogP contribution in [0.1, 0.15) is 56.6 Å². The molecule has 0 radical (unpaired) electrons. The number of unbranched alkanes of at least 4 members (excludes halogenated alkanes) is 5. The smallest absolute Gasteiger partial charge is 0.251 e. The van der Waals surface area contributed by atoms with Crippen molar-refractivity contribution in [1.82, 2.24) is 4.98 Å². The number of aromatic amines is 1. The lowest BCUT2D eigenvalue weighted by Crippen LogP contribution is -2.14. The summed E-state index contributed by atoms with van der Waals surface area (Å²) in [6.45, 7) is 4.31. The van der Waals surface area contributed by atoms with E-state index in [2.05, 4.69) is 24.9 Å². The van der Waals surface area contributed by atoms with Crippen LogP contribution in [0.15, 0.2) is 29.1 Å². The molecular weight excluding hydrogens is 246 g/mol. The highest BCUT2D eigenvalue weighted by Gasteiger charge is 2.08. The maximum absolute atomic E-state index is 12.2. The molecule has 2 nitrogen and oxygen atoms in total. The van der Waals surface area contributed by atoms with Crippen molar-refractivity contribution < 1.29 is 0 Å². The summed E-state index contributed by atoms with van der Waals surface area (Å²) in [5.41, 5.74) is 3.16. The van der Waals surface area contributed by atoms with Gasteiger partial charge in [-0.2, -0.15) is 0 Å². The van der Waals surface area contributed by atoms with Crippen LogP contribution in [0, 0.1) is 6.92 Å². The molecule has 0 aliphatic heterocycles. The predicted molar refractivity (Wildman–Crippen MR) is 86.4 cm³/mol. The van der Waals surface area contributed by atoms with Crippen LogP contribution < -0.4 is 5.56 Å². The van der Waals surface area contributed by atoms with Crippen LogP contribution in [-0.2, 0) is 6.42 Å². The molecule has 1 heterocycles. The minimum absolute atomic E-state index is 0.0924. The van der Waals surface area contributed by atoms with Gasteiger partial charge in [-0.25, -0.2) is 0 Å². The minimum Gasteiger partial charge on any atom is -0.322 e. The second-order valence-corrected chi connectivity index (χ2v) is 5.62. The van der Waals surface area contributed by atoms with Gasteiger partial charge >= 0.3 is 0 Å². The number of benzene rings is 1. The van der Waals surface area contributed by atoms with Crippen molar-refractivity contribution in [2.75, 3.05) is 0 Å². The molecule has 1 N–H and O–H groups in total. The highest BCUT2D eigenvalue weighted by molar-refractivity contribution is 5.82. The Balaban J connectivity index is 2.05. The topological polar surface area (TPSA) is 32.9 Å². The van der Waals surface area contributed by atoms with Gasteiger partial charge in [0.1, 0.15) is 0 Å². The standard InChI is InChI=1S/C18H25NO/c1-3-4-5-6-7-8-12-16-14(2)15-11-9-10-13-17(15)19-18(16)20/h9-11,13H,3-8,12H2,1-2H3,(H,19,20). The molecule has 2 aromatic rings. The van der Waals surface area contributed by atoms with Crippen molar-refractivity contribution >= 4 is 10.9 Å². The summed E-state index contributed by atoms with van der Waals surface area (Å²) in [5.74, 6) is 0. The van der Waals surface area contributed by atoms with Crippen LogP contribution in [0.2, 0.25) is 0 Å². The molecule has 0 bridgehead atoms. The first-order valence-electron chi connectivity index (χ1n) is 7.84. The second kappa shape index (κ2) is 7.28. The lowest BCUT2D eigenvalue weighted by molar-refractivity contribution is 0.606. The van der Waals surface area contributed by atoms with Crippen molar-refractivity contribution in [3.63, 3.8) is 0 Å². The fourth-order valence-electron chi connectivity index (χ4n) is 2.83. The Morgan fingerprint density at radius 3 is 2.50 bits per heavy atom. The predicted octanol–water partition coefficient (Wildman–Crippen LogP) is 4.74. The molecule has 2 heteroatoms. The number of fused-ring (bicyclic) bond motifs is 1. The minimum atomic E-state index is 0.0924. The van der Waals surface area contributed by atoms with Crippen LogP contribution in [0.3, 0.4) is 0 Å². The van der Waals surface area contributed by atoms with Crippen LogP contribution in [0.5, 0.6) is 0 Å². The van der Waals surface area contributed by atoms with Crippen LogP contribution in [-0.4, -0.2) is 4.98 Å². The maximum atomic E-state index is 12.2. The first-order chi connectivity index (χ1) is 9.74. The lowest BCUT2D eigenvalue weighted by Gasteiger charge is -2.08. The zero-order valence-corrected chi connectivity index (χ0v) is 12.7. The van der Waals surface area contributed by atoms with E-state index in [1.165, 1.54) is 37.5 Å². The van der Waals surface area contributed by atoms with Gasteiger partial charge in [0.15, 0.2) is 0 Å². The number of hydrogen-bond acceptors (Lipinski definition) is 1. The molecule has 0 aliphatic rings. The fraction of sp³-hybridized carbons (Fsp3) is 0.500. The SMILES string of the molecule is CCCCCCCCc1c(C)c2ccccc2[nH]c1=O.